The number of hydrogen-bond acceptors (Lipinski definition) is 7. The summed E-state index contributed by atoms with van der Waals surface area (Å²) in [6, 6.07) is 16.2. The van der Waals surface area contributed by atoms with Gasteiger partial charge in [0.05, 0.1) is 18.1 Å². The molecule has 2 aromatic heterocycles. The van der Waals surface area contributed by atoms with E-state index in [4.69, 9.17) is 9.26 Å². The lowest BCUT2D eigenvalue weighted by Crippen LogP contribution is -2.15. The van der Waals surface area contributed by atoms with E-state index >= 15 is 0 Å². The minimum Gasteiger partial charge on any atom is -0.424 e. The number of nitrogens with zero attached hydrogens (tertiary/aromatic N) is 3. The number of ether oxygens (including phenoxy) is 1. The van der Waals surface area contributed by atoms with Crippen molar-refractivity contribution in [2.24, 2.45) is 0 Å². The second-order valence-corrected chi connectivity index (χ2v) is 7.38. The molecule has 0 saturated carbocycles. The van der Waals surface area contributed by atoms with Crippen molar-refractivity contribution in [3.05, 3.63) is 72.7 Å². The summed E-state index contributed by atoms with van der Waals surface area (Å²) >= 11 is 0. The molecule has 0 bridgehead atoms. The van der Waals surface area contributed by atoms with Crippen molar-refractivity contribution in [2.45, 2.75) is 5.75 Å². The minimum absolute atomic E-state index is 0.117. The highest BCUT2D eigenvalue weighted by atomic mass is 32.2. The van der Waals surface area contributed by atoms with Crippen molar-refractivity contribution < 1.29 is 17.7 Å². The van der Waals surface area contributed by atoms with Gasteiger partial charge >= 0.3 is 6.01 Å². The standard InChI is InChI=1S/C18H14N4O4S/c23-27(24,12-16-15-8-4-5-9-17(15)26-21-16)22-13-10-19-18(20-11-13)25-14-6-2-1-3-7-14/h1-11,22H,12H2. The molecule has 27 heavy (non-hydrogen) atoms. The van der Waals surface area contributed by atoms with E-state index in [1.807, 2.05) is 18.2 Å². The second kappa shape index (κ2) is 7.04. The Bertz CT molecular complexity index is 1160. The predicted octanol–water partition coefficient (Wildman–Crippen LogP) is 3.35. The number of para-hydroxylation sites is 2. The molecule has 0 radical (unpaired) electrons. The number of aromatic nitrogens is 3. The molecular weight excluding hydrogens is 368 g/mol. The molecule has 0 aliphatic carbocycles. The third-order valence-electron chi connectivity index (χ3n) is 3.63. The number of fused-ring (bicyclic) bond motifs is 1. The molecule has 136 valence electrons. The van der Waals surface area contributed by atoms with Gasteiger partial charge in [-0.25, -0.2) is 18.4 Å². The number of sulfonamides is 1. The smallest absolute Gasteiger partial charge is 0.322 e. The Hall–Kier alpha value is -3.46. The van der Waals surface area contributed by atoms with Gasteiger partial charge in [-0.3, -0.25) is 4.72 Å². The second-order valence-electron chi connectivity index (χ2n) is 5.66. The van der Waals surface area contributed by atoms with E-state index in [9.17, 15) is 8.42 Å². The molecule has 0 fully saturated rings. The number of benzene rings is 2. The van der Waals surface area contributed by atoms with Gasteiger partial charge in [-0.2, -0.15) is 0 Å². The van der Waals surface area contributed by atoms with E-state index in [-0.39, 0.29) is 17.5 Å². The van der Waals surface area contributed by atoms with E-state index in [0.717, 1.165) is 0 Å². The summed E-state index contributed by atoms with van der Waals surface area (Å²) < 4.78 is 37.8. The van der Waals surface area contributed by atoms with Gasteiger partial charge in [0.15, 0.2) is 5.58 Å². The number of anilines is 1. The fraction of sp³-hybridized carbons (Fsp3) is 0.0556. The molecular formula is C18H14N4O4S. The van der Waals surface area contributed by atoms with Gasteiger partial charge in [-0.15, -0.1) is 0 Å². The molecule has 9 heteroatoms. The summed E-state index contributed by atoms with van der Waals surface area (Å²) in [7, 11) is -3.71. The largest absolute Gasteiger partial charge is 0.424 e. The quantitative estimate of drug-likeness (QED) is 0.545. The number of rotatable bonds is 6. The Balaban J connectivity index is 1.46. The van der Waals surface area contributed by atoms with Gasteiger partial charge in [0.1, 0.15) is 17.2 Å². The van der Waals surface area contributed by atoms with Crippen molar-refractivity contribution in [3.8, 4) is 11.8 Å². The summed E-state index contributed by atoms with van der Waals surface area (Å²) in [5.41, 5.74) is 1.10. The molecule has 4 aromatic rings. The lowest BCUT2D eigenvalue weighted by atomic mass is 10.2. The zero-order valence-electron chi connectivity index (χ0n) is 13.9. The van der Waals surface area contributed by atoms with Crippen LogP contribution in [0, 0.1) is 0 Å². The van der Waals surface area contributed by atoms with Crippen molar-refractivity contribution in [3.63, 3.8) is 0 Å². The zero-order valence-corrected chi connectivity index (χ0v) is 14.8. The molecule has 0 aliphatic rings. The van der Waals surface area contributed by atoms with E-state index < -0.39 is 10.0 Å². The summed E-state index contributed by atoms with van der Waals surface area (Å²) in [6.45, 7) is 0. The van der Waals surface area contributed by atoms with Crippen molar-refractivity contribution >= 4 is 26.7 Å². The maximum atomic E-state index is 12.4. The summed E-state index contributed by atoms with van der Waals surface area (Å²) in [4.78, 5) is 8.02. The van der Waals surface area contributed by atoms with Crippen LogP contribution in [0.4, 0.5) is 5.69 Å². The minimum atomic E-state index is -3.71. The van der Waals surface area contributed by atoms with Gasteiger partial charge in [-0.1, -0.05) is 35.5 Å². The Morgan fingerprint density at radius 1 is 0.963 bits per heavy atom. The molecule has 4 rings (SSSR count). The van der Waals surface area contributed by atoms with Crippen LogP contribution < -0.4 is 9.46 Å². The predicted molar refractivity (Wildman–Crippen MR) is 98.8 cm³/mol. The third-order valence-corrected chi connectivity index (χ3v) is 4.83. The average Bonchev–Trinajstić information content (AvgIpc) is 3.06. The lowest BCUT2D eigenvalue weighted by molar-refractivity contribution is 0.442. The van der Waals surface area contributed by atoms with Crippen LogP contribution in [-0.4, -0.2) is 23.5 Å². The van der Waals surface area contributed by atoms with Crippen LogP contribution in [0.25, 0.3) is 11.0 Å². The van der Waals surface area contributed by atoms with Crippen molar-refractivity contribution in [1.29, 1.82) is 0 Å². The topological polar surface area (TPSA) is 107 Å². The highest BCUT2D eigenvalue weighted by Gasteiger charge is 2.18. The first-order valence-corrected chi connectivity index (χ1v) is 9.63. The zero-order chi connectivity index (χ0) is 18.7. The molecule has 0 atom stereocenters. The molecule has 2 aromatic carbocycles. The first-order valence-electron chi connectivity index (χ1n) is 7.98. The molecule has 0 amide bonds. The highest BCUT2D eigenvalue weighted by Crippen LogP contribution is 2.21. The molecule has 2 heterocycles. The van der Waals surface area contributed by atoms with Gasteiger partial charge in [-0.05, 0) is 24.3 Å². The van der Waals surface area contributed by atoms with Crippen LogP contribution in [0.15, 0.2) is 71.5 Å². The van der Waals surface area contributed by atoms with E-state index in [2.05, 4.69) is 19.8 Å². The number of hydrogen-bond donors (Lipinski definition) is 1. The van der Waals surface area contributed by atoms with Crippen LogP contribution in [0.3, 0.4) is 0 Å². The Morgan fingerprint density at radius 2 is 1.67 bits per heavy atom. The van der Waals surface area contributed by atoms with Crippen LogP contribution >= 0.6 is 0 Å². The van der Waals surface area contributed by atoms with E-state index in [0.29, 0.717) is 22.4 Å². The molecule has 0 unspecified atom stereocenters. The van der Waals surface area contributed by atoms with E-state index in [1.165, 1.54) is 12.4 Å². The Kier molecular flexibility index (Phi) is 4.43. The van der Waals surface area contributed by atoms with Gasteiger partial charge < -0.3 is 9.26 Å². The average molecular weight is 382 g/mol. The highest BCUT2D eigenvalue weighted by molar-refractivity contribution is 7.91. The third kappa shape index (κ3) is 4.04. The fourth-order valence-corrected chi connectivity index (χ4v) is 3.56. The maximum absolute atomic E-state index is 12.4. The SMILES string of the molecule is O=S(=O)(Cc1noc2ccccc12)Nc1cnc(Oc2ccccc2)nc1. The Labute approximate surface area is 154 Å². The fourth-order valence-electron chi connectivity index (χ4n) is 2.45. The molecule has 0 spiro atoms. The summed E-state index contributed by atoms with van der Waals surface area (Å²) in [5.74, 6) is 0.260. The molecule has 0 saturated heterocycles. The first-order chi connectivity index (χ1) is 13.1. The van der Waals surface area contributed by atoms with Crippen LogP contribution in [0.1, 0.15) is 5.69 Å². The normalized spacial score (nSPS) is 11.4. The molecule has 1 N–H and O–H groups in total. The lowest BCUT2D eigenvalue weighted by Gasteiger charge is -2.07. The van der Waals surface area contributed by atoms with E-state index in [1.54, 1.807) is 36.4 Å². The number of nitrogens with one attached hydrogen (secondary N) is 1. The van der Waals surface area contributed by atoms with Crippen molar-refractivity contribution in [1.82, 2.24) is 15.1 Å². The monoisotopic (exact) mass is 382 g/mol. The van der Waals surface area contributed by atoms with Crippen LogP contribution in [-0.2, 0) is 15.8 Å². The van der Waals surface area contributed by atoms with Crippen LogP contribution in [0.5, 0.6) is 11.8 Å². The molecule has 0 aliphatic heterocycles. The van der Waals surface area contributed by atoms with Gasteiger partial charge in [0.2, 0.25) is 10.0 Å². The Morgan fingerprint density at radius 3 is 2.44 bits per heavy atom. The molecule has 8 nitrogen and oxygen atoms in total. The van der Waals surface area contributed by atoms with Gasteiger partial charge in [0, 0.05) is 5.39 Å². The van der Waals surface area contributed by atoms with Crippen LogP contribution in [0.2, 0.25) is 0 Å². The summed E-state index contributed by atoms with van der Waals surface area (Å²) in [6.07, 6.45) is 2.67. The first kappa shape index (κ1) is 17.0. The van der Waals surface area contributed by atoms with Gasteiger partial charge in [0.25, 0.3) is 0 Å². The van der Waals surface area contributed by atoms with Crippen molar-refractivity contribution in [2.75, 3.05) is 4.72 Å². The summed E-state index contributed by atoms with van der Waals surface area (Å²) in [5, 5.41) is 4.50. The maximum Gasteiger partial charge on any atom is 0.322 e.